The fraction of sp³-hybridized carbons (Fsp3) is 0.250. The van der Waals surface area contributed by atoms with Crippen molar-refractivity contribution < 1.29 is 23.7 Å². The number of nitrogens with zero attached hydrogens (tertiary/aromatic N) is 1. The van der Waals surface area contributed by atoms with E-state index < -0.39 is 0 Å². The van der Waals surface area contributed by atoms with Gasteiger partial charge in [0.1, 0.15) is 29.0 Å². The number of thiocarbonyl (C=S) groups is 1. The number of carbonyl (C=O) groups is 1. The molecular weight excluding hydrogens is 446 g/mol. The molecule has 0 atom stereocenters. The van der Waals surface area contributed by atoms with Crippen molar-refractivity contribution in [1.29, 1.82) is 0 Å². The second kappa shape index (κ2) is 11.6. The summed E-state index contributed by atoms with van der Waals surface area (Å²) >= 11 is 6.57. The van der Waals surface area contributed by atoms with Crippen LogP contribution in [0.15, 0.2) is 60.0 Å². The lowest BCUT2D eigenvalue weighted by atomic mass is 10.2. The molecule has 2 aromatic rings. The maximum atomic E-state index is 12.5. The Morgan fingerprint density at radius 2 is 1.75 bits per heavy atom. The predicted octanol–water partition coefficient (Wildman–Crippen LogP) is 4.94. The number of methoxy groups -OCH3 is 1. The fourth-order valence-electron chi connectivity index (χ4n) is 2.92. The van der Waals surface area contributed by atoms with E-state index in [9.17, 15) is 4.79 Å². The lowest BCUT2D eigenvalue weighted by molar-refractivity contribution is -0.121. The van der Waals surface area contributed by atoms with Crippen LogP contribution in [0.3, 0.4) is 0 Å². The molecule has 1 amide bonds. The molecule has 0 N–H and O–H groups in total. The molecule has 1 heterocycles. The minimum atomic E-state index is -0.117. The van der Waals surface area contributed by atoms with Gasteiger partial charge in [0.05, 0.1) is 18.6 Å². The number of carbonyl (C=O) groups excluding carboxylic acids is 1. The molecule has 8 heteroatoms. The maximum absolute atomic E-state index is 12.5. The van der Waals surface area contributed by atoms with Crippen molar-refractivity contribution in [2.24, 2.45) is 0 Å². The van der Waals surface area contributed by atoms with E-state index in [1.165, 1.54) is 16.7 Å². The van der Waals surface area contributed by atoms with Crippen LogP contribution in [-0.4, -0.2) is 48.6 Å². The van der Waals surface area contributed by atoms with E-state index >= 15 is 0 Å². The smallest absolute Gasteiger partial charge is 0.266 e. The minimum absolute atomic E-state index is 0.117. The molecule has 0 aliphatic carbocycles. The second-order valence-electron chi connectivity index (χ2n) is 6.59. The Kier molecular flexibility index (Phi) is 8.58. The summed E-state index contributed by atoms with van der Waals surface area (Å²) in [6.07, 6.45) is 3.47. The van der Waals surface area contributed by atoms with Crippen molar-refractivity contribution in [3.63, 3.8) is 0 Å². The highest BCUT2D eigenvalue weighted by Gasteiger charge is 2.31. The van der Waals surface area contributed by atoms with Crippen molar-refractivity contribution in [2.45, 2.75) is 6.92 Å². The molecule has 1 aliphatic heterocycles. The van der Waals surface area contributed by atoms with Crippen molar-refractivity contribution >= 4 is 40.3 Å². The predicted molar refractivity (Wildman–Crippen MR) is 132 cm³/mol. The number of thioether (sulfide) groups is 1. The SMILES string of the molecule is C=CCN1C(=O)/C(=C/c2ccc(OCCOc3ccc(OC)cc3)c(OCC)c2)SC1=S. The van der Waals surface area contributed by atoms with E-state index in [0.29, 0.717) is 47.1 Å². The summed E-state index contributed by atoms with van der Waals surface area (Å²) in [6, 6.07) is 12.9. The van der Waals surface area contributed by atoms with Crippen LogP contribution in [0, 0.1) is 0 Å². The molecule has 3 rings (SSSR count). The molecule has 0 bridgehead atoms. The number of rotatable bonds is 11. The molecule has 0 radical (unpaired) electrons. The largest absolute Gasteiger partial charge is 0.497 e. The van der Waals surface area contributed by atoms with Gasteiger partial charge in [-0.25, -0.2) is 0 Å². The zero-order chi connectivity index (χ0) is 22.9. The highest BCUT2D eigenvalue weighted by atomic mass is 32.2. The van der Waals surface area contributed by atoms with Gasteiger partial charge in [-0.2, -0.15) is 0 Å². The molecule has 32 heavy (non-hydrogen) atoms. The van der Waals surface area contributed by atoms with Crippen molar-refractivity contribution in [3.05, 3.63) is 65.6 Å². The van der Waals surface area contributed by atoms with Gasteiger partial charge >= 0.3 is 0 Å². The average molecular weight is 472 g/mol. The monoisotopic (exact) mass is 471 g/mol. The van der Waals surface area contributed by atoms with E-state index in [4.69, 9.17) is 31.2 Å². The molecule has 6 nitrogen and oxygen atoms in total. The number of hydrogen-bond donors (Lipinski definition) is 0. The Balaban J connectivity index is 1.63. The minimum Gasteiger partial charge on any atom is -0.497 e. The third-order valence-corrected chi connectivity index (χ3v) is 5.80. The Morgan fingerprint density at radius 1 is 1.03 bits per heavy atom. The summed E-state index contributed by atoms with van der Waals surface area (Å²) < 4.78 is 23.0. The molecule has 1 fully saturated rings. The first-order valence-corrected chi connectivity index (χ1v) is 11.3. The molecule has 1 saturated heterocycles. The number of amides is 1. The summed E-state index contributed by atoms with van der Waals surface area (Å²) in [5.41, 5.74) is 0.828. The molecule has 0 aromatic heterocycles. The molecule has 1 aliphatic rings. The topological polar surface area (TPSA) is 57.2 Å². The van der Waals surface area contributed by atoms with Crippen LogP contribution in [0.2, 0.25) is 0 Å². The van der Waals surface area contributed by atoms with Gasteiger partial charge in [0.25, 0.3) is 5.91 Å². The maximum Gasteiger partial charge on any atom is 0.266 e. The van der Waals surface area contributed by atoms with Crippen LogP contribution in [0.25, 0.3) is 6.08 Å². The lowest BCUT2D eigenvalue weighted by Gasteiger charge is -2.13. The van der Waals surface area contributed by atoms with E-state index in [1.54, 1.807) is 13.2 Å². The van der Waals surface area contributed by atoms with Gasteiger partial charge in [0.2, 0.25) is 0 Å². The van der Waals surface area contributed by atoms with Gasteiger partial charge in [0.15, 0.2) is 11.5 Å². The first kappa shape index (κ1) is 23.7. The summed E-state index contributed by atoms with van der Waals surface area (Å²) in [6.45, 7) is 7.20. The van der Waals surface area contributed by atoms with Crippen molar-refractivity contribution in [3.8, 4) is 23.0 Å². The first-order chi connectivity index (χ1) is 15.5. The summed E-state index contributed by atoms with van der Waals surface area (Å²) in [7, 11) is 1.62. The van der Waals surface area contributed by atoms with Crippen molar-refractivity contribution in [1.82, 2.24) is 4.90 Å². The Hall–Kier alpha value is -2.97. The first-order valence-electron chi connectivity index (χ1n) is 10.1. The van der Waals surface area contributed by atoms with Gasteiger partial charge < -0.3 is 18.9 Å². The van der Waals surface area contributed by atoms with E-state index in [2.05, 4.69) is 6.58 Å². The van der Waals surface area contributed by atoms with Gasteiger partial charge in [-0.15, -0.1) is 6.58 Å². The lowest BCUT2D eigenvalue weighted by Crippen LogP contribution is -2.27. The van der Waals surface area contributed by atoms with Crippen LogP contribution < -0.4 is 18.9 Å². The van der Waals surface area contributed by atoms with Gasteiger partial charge in [-0.1, -0.05) is 36.1 Å². The highest BCUT2D eigenvalue weighted by molar-refractivity contribution is 8.26. The summed E-state index contributed by atoms with van der Waals surface area (Å²) in [4.78, 5) is 14.6. The van der Waals surface area contributed by atoms with E-state index in [-0.39, 0.29) is 5.91 Å². The molecule has 0 spiro atoms. The zero-order valence-corrected chi connectivity index (χ0v) is 19.7. The van der Waals surface area contributed by atoms with Crippen LogP contribution >= 0.6 is 24.0 Å². The van der Waals surface area contributed by atoms with E-state index in [0.717, 1.165) is 17.1 Å². The third kappa shape index (κ3) is 6.05. The highest BCUT2D eigenvalue weighted by Crippen LogP contribution is 2.34. The zero-order valence-electron chi connectivity index (χ0n) is 18.0. The molecule has 2 aromatic carbocycles. The Morgan fingerprint density at radius 3 is 2.44 bits per heavy atom. The molecule has 0 unspecified atom stereocenters. The van der Waals surface area contributed by atoms with Crippen molar-refractivity contribution in [2.75, 3.05) is 33.5 Å². The average Bonchev–Trinajstić information content (AvgIpc) is 3.06. The number of ether oxygens (including phenoxy) is 4. The molecule has 0 saturated carbocycles. The number of benzene rings is 2. The Labute approximate surface area is 197 Å². The third-order valence-electron chi connectivity index (χ3n) is 4.42. The van der Waals surface area contributed by atoms with Crippen LogP contribution in [-0.2, 0) is 4.79 Å². The Bertz CT molecular complexity index is 1000. The fourth-order valence-corrected chi connectivity index (χ4v) is 4.20. The van der Waals surface area contributed by atoms with Gasteiger partial charge in [-0.05, 0) is 55.0 Å². The van der Waals surface area contributed by atoms with Gasteiger partial charge in [-0.3, -0.25) is 9.69 Å². The second-order valence-corrected chi connectivity index (χ2v) is 8.27. The molecular formula is C24H25NO5S2. The molecule has 168 valence electrons. The standard InChI is InChI=1S/C24H25NO5S2/c1-4-12-25-23(26)22(32-24(25)31)16-17-6-11-20(21(15-17)28-5-2)30-14-13-29-19-9-7-18(27-3)8-10-19/h4,6-11,15-16H,1,5,12-14H2,2-3H3/b22-16-. The summed E-state index contributed by atoms with van der Waals surface area (Å²) in [5.74, 6) is 2.61. The number of hydrogen-bond acceptors (Lipinski definition) is 7. The van der Waals surface area contributed by atoms with E-state index in [1.807, 2.05) is 55.5 Å². The quantitative estimate of drug-likeness (QED) is 0.199. The summed E-state index contributed by atoms with van der Waals surface area (Å²) in [5, 5.41) is 0. The van der Waals surface area contributed by atoms with Crippen LogP contribution in [0.4, 0.5) is 0 Å². The normalized spacial score (nSPS) is 14.6. The van der Waals surface area contributed by atoms with Crippen LogP contribution in [0.1, 0.15) is 12.5 Å². The van der Waals surface area contributed by atoms with Crippen LogP contribution in [0.5, 0.6) is 23.0 Å². The van der Waals surface area contributed by atoms with Gasteiger partial charge in [0, 0.05) is 6.54 Å².